The molecule has 2 aliphatic rings. The number of hydrazone groups is 1. The third-order valence-electron chi connectivity index (χ3n) is 4.01. The third-order valence-corrected chi connectivity index (χ3v) is 4.01. The van der Waals surface area contributed by atoms with Gasteiger partial charge in [0.2, 0.25) is 11.8 Å². The maximum Gasteiger partial charge on any atom is 0.270 e. The molecule has 8 nitrogen and oxygen atoms in total. The van der Waals surface area contributed by atoms with E-state index >= 15 is 0 Å². The fraction of sp³-hybridized carbons (Fsp3) is 0.643. The van der Waals surface area contributed by atoms with Crippen molar-refractivity contribution in [2.24, 2.45) is 5.10 Å². The molecule has 1 atom stereocenters. The number of rotatable bonds is 3. The van der Waals surface area contributed by atoms with E-state index in [0.29, 0.717) is 43.4 Å². The second kappa shape index (κ2) is 5.86. The van der Waals surface area contributed by atoms with Crippen molar-refractivity contribution in [1.29, 1.82) is 0 Å². The molecule has 0 aromatic carbocycles. The van der Waals surface area contributed by atoms with E-state index in [9.17, 15) is 9.59 Å². The van der Waals surface area contributed by atoms with Crippen LogP contribution in [0.1, 0.15) is 50.4 Å². The maximum atomic E-state index is 12.7. The van der Waals surface area contributed by atoms with E-state index in [2.05, 4.69) is 15.2 Å². The summed E-state index contributed by atoms with van der Waals surface area (Å²) in [4.78, 5) is 30.4. The van der Waals surface area contributed by atoms with Gasteiger partial charge in [0.1, 0.15) is 5.71 Å². The number of aromatic nitrogens is 2. The summed E-state index contributed by atoms with van der Waals surface area (Å²) in [6.45, 7) is 4.70. The molecule has 2 amide bonds. The molecule has 0 N–H and O–H groups in total. The van der Waals surface area contributed by atoms with Crippen molar-refractivity contribution < 1.29 is 14.1 Å². The van der Waals surface area contributed by atoms with Crippen molar-refractivity contribution in [3.63, 3.8) is 0 Å². The topological polar surface area (TPSA) is 91.9 Å². The monoisotopic (exact) mass is 305 g/mol. The Kier molecular flexibility index (Phi) is 3.91. The van der Waals surface area contributed by atoms with Crippen LogP contribution in [0.15, 0.2) is 9.62 Å². The fourth-order valence-corrected chi connectivity index (χ4v) is 2.90. The Morgan fingerprint density at radius 3 is 2.91 bits per heavy atom. The molecule has 118 valence electrons. The second-order valence-corrected chi connectivity index (χ2v) is 5.48. The van der Waals surface area contributed by atoms with Crippen LogP contribution >= 0.6 is 0 Å². The quantitative estimate of drug-likeness (QED) is 0.832. The van der Waals surface area contributed by atoms with E-state index in [-0.39, 0.29) is 17.9 Å². The first-order valence-corrected chi connectivity index (χ1v) is 7.59. The standard InChI is InChI=1S/C14H19N5O3/c1-3-19-12(20)7-6-10(16-19)14(21)18-8-4-5-11(18)13-15-9(2)22-17-13/h11H,3-8H2,1-2H3. The Morgan fingerprint density at radius 2 is 2.23 bits per heavy atom. The number of carbonyl (C=O) groups excluding carboxylic acids is 2. The Labute approximate surface area is 128 Å². The van der Waals surface area contributed by atoms with Crippen LogP contribution in [0.25, 0.3) is 0 Å². The lowest BCUT2D eigenvalue weighted by atomic mass is 10.1. The number of hydrogen-bond acceptors (Lipinski definition) is 6. The van der Waals surface area contributed by atoms with Crippen LogP contribution in [-0.2, 0) is 9.59 Å². The van der Waals surface area contributed by atoms with Gasteiger partial charge in [0.15, 0.2) is 5.82 Å². The minimum Gasteiger partial charge on any atom is -0.340 e. The molecule has 1 unspecified atom stereocenters. The molecule has 1 fully saturated rings. The van der Waals surface area contributed by atoms with E-state index in [0.717, 1.165) is 12.8 Å². The number of nitrogens with zero attached hydrogens (tertiary/aromatic N) is 5. The van der Waals surface area contributed by atoms with Crippen LogP contribution in [0.4, 0.5) is 0 Å². The Balaban J connectivity index is 1.80. The lowest BCUT2D eigenvalue weighted by Gasteiger charge is -2.26. The van der Waals surface area contributed by atoms with E-state index in [1.54, 1.807) is 11.8 Å². The van der Waals surface area contributed by atoms with Gasteiger partial charge in [0.25, 0.3) is 5.91 Å². The number of aryl methyl sites for hydroxylation is 1. The van der Waals surface area contributed by atoms with Crippen molar-refractivity contribution in [3.05, 3.63) is 11.7 Å². The predicted octanol–water partition coefficient (Wildman–Crippen LogP) is 1.04. The van der Waals surface area contributed by atoms with Gasteiger partial charge in [0.05, 0.1) is 6.04 Å². The number of likely N-dealkylation sites (tertiary alicyclic amines) is 1. The van der Waals surface area contributed by atoms with E-state index in [1.165, 1.54) is 5.01 Å². The van der Waals surface area contributed by atoms with Crippen molar-refractivity contribution in [1.82, 2.24) is 20.0 Å². The zero-order valence-electron chi connectivity index (χ0n) is 12.8. The normalized spacial score (nSPS) is 22.2. The summed E-state index contributed by atoms with van der Waals surface area (Å²) in [7, 11) is 0. The van der Waals surface area contributed by atoms with Crippen LogP contribution in [-0.4, -0.2) is 50.7 Å². The van der Waals surface area contributed by atoms with Gasteiger partial charge in [-0.05, 0) is 19.8 Å². The first-order valence-electron chi connectivity index (χ1n) is 7.59. The molecule has 0 bridgehead atoms. The molecule has 3 heterocycles. The van der Waals surface area contributed by atoms with Crippen molar-refractivity contribution in [3.8, 4) is 0 Å². The lowest BCUT2D eigenvalue weighted by Crippen LogP contribution is -2.41. The first kappa shape index (κ1) is 14.7. The van der Waals surface area contributed by atoms with Crippen LogP contribution in [0.5, 0.6) is 0 Å². The molecule has 1 aromatic heterocycles. The fourth-order valence-electron chi connectivity index (χ4n) is 2.90. The van der Waals surface area contributed by atoms with Gasteiger partial charge in [0, 0.05) is 32.9 Å². The summed E-state index contributed by atoms with van der Waals surface area (Å²) in [5.41, 5.74) is 0.438. The highest BCUT2D eigenvalue weighted by Gasteiger charge is 2.36. The predicted molar refractivity (Wildman–Crippen MR) is 76.8 cm³/mol. The van der Waals surface area contributed by atoms with Gasteiger partial charge >= 0.3 is 0 Å². The molecule has 1 aromatic rings. The number of amides is 2. The average Bonchev–Trinajstić information content (AvgIpc) is 3.15. The zero-order chi connectivity index (χ0) is 15.7. The summed E-state index contributed by atoms with van der Waals surface area (Å²) >= 11 is 0. The van der Waals surface area contributed by atoms with Gasteiger partial charge in [-0.2, -0.15) is 10.1 Å². The molecule has 1 saturated heterocycles. The van der Waals surface area contributed by atoms with Gasteiger partial charge < -0.3 is 9.42 Å². The molecule has 0 saturated carbocycles. The Morgan fingerprint density at radius 1 is 1.41 bits per heavy atom. The van der Waals surface area contributed by atoms with Crippen LogP contribution in [0.2, 0.25) is 0 Å². The molecule has 8 heteroatoms. The third kappa shape index (κ3) is 2.60. The highest BCUT2D eigenvalue weighted by Crippen LogP contribution is 2.31. The summed E-state index contributed by atoms with van der Waals surface area (Å²) < 4.78 is 5.02. The molecule has 22 heavy (non-hydrogen) atoms. The zero-order valence-corrected chi connectivity index (χ0v) is 12.8. The highest BCUT2D eigenvalue weighted by molar-refractivity contribution is 6.39. The van der Waals surface area contributed by atoms with Gasteiger partial charge in [-0.15, -0.1) is 0 Å². The van der Waals surface area contributed by atoms with Crippen molar-refractivity contribution in [2.75, 3.05) is 13.1 Å². The second-order valence-electron chi connectivity index (χ2n) is 5.48. The van der Waals surface area contributed by atoms with Crippen molar-refractivity contribution >= 4 is 17.5 Å². The van der Waals surface area contributed by atoms with Crippen LogP contribution < -0.4 is 0 Å². The minimum absolute atomic E-state index is 0.0363. The Hall–Kier alpha value is -2.25. The summed E-state index contributed by atoms with van der Waals surface area (Å²) in [6.07, 6.45) is 2.43. The van der Waals surface area contributed by atoms with Crippen LogP contribution in [0, 0.1) is 6.92 Å². The molecule has 0 aliphatic carbocycles. The lowest BCUT2D eigenvalue weighted by molar-refractivity contribution is -0.132. The molecular formula is C14H19N5O3. The summed E-state index contributed by atoms with van der Waals surface area (Å²) in [5.74, 6) is 0.872. The molecule has 2 aliphatic heterocycles. The summed E-state index contributed by atoms with van der Waals surface area (Å²) in [5, 5.41) is 9.50. The smallest absolute Gasteiger partial charge is 0.270 e. The van der Waals surface area contributed by atoms with E-state index < -0.39 is 0 Å². The number of carbonyl (C=O) groups is 2. The van der Waals surface area contributed by atoms with Gasteiger partial charge in [-0.1, -0.05) is 5.16 Å². The first-order chi connectivity index (χ1) is 10.6. The van der Waals surface area contributed by atoms with E-state index in [1.807, 2.05) is 6.92 Å². The van der Waals surface area contributed by atoms with Crippen LogP contribution in [0.3, 0.4) is 0 Å². The average molecular weight is 305 g/mol. The minimum atomic E-state index is -0.166. The van der Waals surface area contributed by atoms with Gasteiger partial charge in [-0.25, -0.2) is 5.01 Å². The molecule has 0 radical (unpaired) electrons. The number of hydrogen-bond donors (Lipinski definition) is 0. The summed E-state index contributed by atoms with van der Waals surface area (Å²) in [6, 6.07) is -0.166. The Bertz CT molecular complexity index is 624. The maximum absolute atomic E-state index is 12.7. The molecule has 3 rings (SSSR count). The largest absolute Gasteiger partial charge is 0.340 e. The van der Waals surface area contributed by atoms with Gasteiger partial charge in [-0.3, -0.25) is 9.59 Å². The highest BCUT2D eigenvalue weighted by atomic mass is 16.5. The van der Waals surface area contributed by atoms with E-state index in [4.69, 9.17) is 4.52 Å². The van der Waals surface area contributed by atoms with Crippen molar-refractivity contribution in [2.45, 2.75) is 45.6 Å². The molecule has 0 spiro atoms. The molecular weight excluding hydrogens is 286 g/mol. The SMILES string of the molecule is CCN1N=C(C(=O)N2CCCC2c2noc(C)n2)CCC1=O.